The van der Waals surface area contributed by atoms with Crippen molar-refractivity contribution in [1.29, 1.82) is 0 Å². The van der Waals surface area contributed by atoms with Gasteiger partial charge in [-0.2, -0.15) is 0 Å². The molecule has 0 aliphatic carbocycles. The lowest BCUT2D eigenvalue weighted by Crippen LogP contribution is -2.38. The number of hydrogen-bond acceptors (Lipinski definition) is 3. The van der Waals surface area contributed by atoms with Crippen LogP contribution in [0.25, 0.3) is 0 Å². The lowest BCUT2D eigenvalue weighted by atomic mass is 10.1. The van der Waals surface area contributed by atoms with E-state index in [9.17, 15) is 0 Å². The van der Waals surface area contributed by atoms with Gasteiger partial charge in [-0.25, -0.2) is 0 Å². The zero-order valence-electron chi connectivity index (χ0n) is 12.5. The number of hydrogen-bond donors (Lipinski definition) is 0. The SMILES string of the molecule is CC(CN(C)C)N1c2ccccc2Sc2ccc(Br)cc21. The van der Waals surface area contributed by atoms with Crippen LogP contribution in [0.1, 0.15) is 6.92 Å². The molecule has 1 unspecified atom stereocenters. The molecule has 110 valence electrons. The number of para-hydroxylation sites is 1. The summed E-state index contributed by atoms with van der Waals surface area (Å²) in [6.07, 6.45) is 0. The third-order valence-corrected chi connectivity index (χ3v) is 5.22. The normalized spacial score (nSPS) is 14.8. The van der Waals surface area contributed by atoms with Crippen molar-refractivity contribution in [1.82, 2.24) is 4.90 Å². The zero-order valence-corrected chi connectivity index (χ0v) is 14.9. The largest absolute Gasteiger partial charge is 0.335 e. The molecule has 0 saturated heterocycles. The topological polar surface area (TPSA) is 6.48 Å². The fraction of sp³-hybridized carbons (Fsp3) is 0.294. The number of benzene rings is 2. The molecule has 0 saturated carbocycles. The summed E-state index contributed by atoms with van der Waals surface area (Å²) in [5.74, 6) is 0. The number of anilines is 2. The second-order valence-electron chi connectivity index (χ2n) is 5.66. The molecule has 3 rings (SSSR count). The minimum Gasteiger partial charge on any atom is -0.335 e. The summed E-state index contributed by atoms with van der Waals surface area (Å²) >= 11 is 5.47. The Hall–Kier alpha value is -0.970. The van der Waals surface area contributed by atoms with Gasteiger partial charge in [0, 0.05) is 26.9 Å². The summed E-state index contributed by atoms with van der Waals surface area (Å²) < 4.78 is 1.13. The number of fused-ring (bicyclic) bond motifs is 2. The van der Waals surface area contributed by atoms with Crippen LogP contribution in [0, 0.1) is 0 Å². The molecular weight excluding hydrogens is 344 g/mol. The Bertz CT molecular complexity index is 657. The second-order valence-corrected chi connectivity index (χ2v) is 7.66. The fourth-order valence-electron chi connectivity index (χ4n) is 2.84. The van der Waals surface area contributed by atoms with Crippen molar-refractivity contribution in [3.05, 3.63) is 46.9 Å². The maximum Gasteiger partial charge on any atom is 0.0567 e. The van der Waals surface area contributed by atoms with Gasteiger partial charge in [-0.3, -0.25) is 0 Å². The van der Waals surface area contributed by atoms with Crippen molar-refractivity contribution in [2.75, 3.05) is 25.5 Å². The third kappa shape index (κ3) is 2.98. The van der Waals surface area contributed by atoms with E-state index in [1.165, 1.54) is 21.2 Å². The monoisotopic (exact) mass is 362 g/mol. The van der Waals surface area contributed by atoms with Crippen LogP contribution >= 0.6 is 27.7 Å². The van der Waals surface area contributed by atoms with Gasteiger partial charge < -0.3 is 9.80 Å². The smallest absolute Gasteiger partial charge is 0.0567 e. The first kappa shape index (κ1) is 14.9. The maximum atomic E-state index is 3.61. The minimum absolute atomic E-state index is 0.412. The van der Waals surface area contributed by atoms with E-state index in [1.807, 2.05) is 11.8 Å². The summed E-state index contributed by atoms with van der Waals surface area (Å²) in [6.45, 7) is 3.31. The molecule has 0 spiro atoms. The zero-order chi connectivity index (χ0) is 15.0. The average Bonchev–Trinajstić information content (AvgIpc) is 2.44. The van der Waals surface area contributed by atoms with E-state index < -0.39 is 0 Å². The molecule has 0 N–H and O–H groups in total. The molecular formula is C17H19BrN2S. The molecule has 0 bridgehead atoms. The number of halogens is 1. The van der Waals surface area contributed by atoms with Crippen LogP contribution < -0.4 is 4.90 Å². The molecule has 21 heavy (non-hydrogen) atoms. The highest BCUT2D eigenvalue weighted by Gasteiger charge is 2.27. The van der Waals surface area contributed by atoms with E-state index in [2.05, 4.69) is 89.2 Å². The predicted molar refractivity (Wildman–Crippen MR) is 94.9 cm³/mol. The summed E-state index contributed by atoms with van der Waals surface area (Å²) in [7, 11) is 4.26. The fourth-order valence-corrected chi connectivity index (χ4v) is 4.24. The maximum absolute atomic E-state index is 3.61. The molecule has 1 atom stereocenters. The van der Waals surface area contributed by atoms with Crippen LogP contribution in [-0.2, 0) is 0 Å². The Kier molecular flexibility index (Phi) is 4.29. The van der Waals surface area contributed by atoms with E-state index >= 15 is 0 Å². The molecule has 0 amide bonds. The Morgan fingerprint density at radius 3 is 2.57 bits per heavy atom. The van der Waals surface area contributed by atoms with Crippen LogP contribution in [-0.4, -0.2) is 31.6 Å². The molecule has 1 aliphatic rings. The number of rotatable bonds is 3. The van der Waals surface area contributed by atoms with E-state index in [1.54, 1.807) is 0 Å². The van der Waals surface area contributed by atoms with Crippen molar-refractivity contribution in [3.8, 4) is 0 Å². The first-order chi connectivity index (χ1) is 10.1. The van der Waals surface area contributed by atoms with Gasteiger partial charge in [0.05, 0.1) is 11.4 Å². The lowest BCUT2D eigenvalue weighted by Gasteiger charge is -2.38. The van der Waals surface area contributed by atoms with Crippen molar-refractivity contribution >= 4 is 39.1 Å². The summed E-state index contributed by atoms with van der Waals surface area (Å²) in [6, 6.07) is 15.6. The molecule has 4 heteroatoms. The second kappa shape index (κ2) is 6.03. The molecule has 0 fully saturated rings. The van der Waals surface area contributed by atoms with Crippen molar-refractivity contribution in [3.63, 3.8) is 0 Å². The summed E-state index contributed by atoms with van der Waals surface area (Å²) in [5.41, 5.74) is 2.60. The first-order valence-electron chi connectivity index (χ1n) is 7.06. The van der Waals surface area contributed by atoms with Crippen molar-refractivity contribution in [2.45, 2.75) is 22.8 Å². The van der Waals surface area contributed by atoms with Gasteiger partial charge in [0.2, 0.25) is 0 Å². The van der Waals surface area contributed by atoms with E-state index in [-0.39, 0.29) is 0 Å². The van der Waals surface area contributed by atoms with Gasteiger partial charge >= 0.3 is 0 Å². The number of nitrogens with zero attached hydrogens (tertiary/aromatic N) is 2. The van der Waals surface area contributed by atoms with Crippen molar-refractivity contribution < 1.29 is 0 Å². The summed E-state index contributed by atoms with van der Waals surface area (Å²) in [5, 5.41) is 0. The summed E-state index contributed by atoms with van der Waals surface area (Å²) in [4.78, 5) is 7.36. The highest BCUT2D eigenvalue weighted by molar-refractivity contribution is 9.10. The predicted octanol–water partition coefficient (Wildman–Crippen LogP) is 5.00. The number of likely N-dealkylation sites (N-methyl/N-ethyl adjacent to an activating group) is 1. The van der Waals surface area contributed by atoms with Gasteiger partial charge in [0.25, 0.3) is 0 Å². The Labute approximate surface area is 139 Å². The molecule has 2 nitrogen and oxygen atoms in total. The van der Waals surface area contributed by atoms with E-state index in [0.29, 0.717) is 6.04 Å². The van der Waals surface area contributed by atoms with Crippen molar-refractivity contribution in [2.24, 2.45) is 0 Å². The molecule has 2 aromatic rings. The van der Waals surface area contributed by atoms with Crippen LogP contribution in [0.15, 0.2) is 56.7 Å². The lowest BCUT2D eigenvalue weighted by molar-refractivity contribution is 0.380. The quantitative estimate of drug-likeness (QED) is 0.758. The first-order valence-corrected chi connectivity index (χ1v) is 8.67. The molecule has 0 radical (unpaired) electrons. The molecule has 1 heterocycles. The molecule has 2 aromatic carbocycles. The van der Waals surface area contributed by atoms with E-state index in [0.717, 1.165) is 11.0 Å². The highest BCUT2D eigenvalue weighted by atomic mass is 79.9. The third-order valence-electron chi connectivity index (χ3n) is 3.60. The van der Waals surface area contributed by atoms with Gasteiger partial charge in [-0.1, -0.05) is 39.8 Å². The van der Waals surface area contributed by atoms with Crippen LogP contribution in [0.4, 0.5) is 11.4 Å². The van der Waals surface area contributed by atoms with Crippen LogP contribution in [0.2, 0.25) is 0 Å². The van der Waals surface area contributed by atoms with Gasteiger partial charge in [-0.15, -0.1) is 0 Å². The van der Waals surface area contributed by atoms with E-state index in [4.69, 9.17) is 0 Å². The Balaban J connectivity index is 2.10. The van der Waals surface area contributed by atoms with Crippen LogP contribution in [0.5, 0.6) is 0 Å². The Morgan fingerprint density at radius 2 is 1.81 bits per heavy atom. The minimum atomic E-state index is 0.412. The van der Waals surface area contributed by atoms with Gasteiger partial charge in [0.15, 0.2) is 0 Å². The Morgan fingerprint density at radius 1 is 1.10 bits per heavy atom. The van der Waals surface area contributed by atoms with Crippen LogP contribution in [0.3, 0.4) is 0 Å². The van der Waals surface area contributed by atoms with Gasteiger partial charge in [-0.05, 0) is 51.4 Å². The molecule has 1 aliphatic heterocycles. The standard InChI is InChI=1S/C17H19BrN2S/c1-12(11-19(2)3)20-14-6-4-5-7-16(14)21-17-9-8-13(18)10-15(17)20/h4-10,12H,11H2,1-3H3. The molecule has 0 aromatic heterocycles. The average molecular weight is 363 g/mol. The highest BCUT2D eigenvalue weighted by Crippen LogP contribution is 2.49. The van der Waals surface area contributed by atoms with Gasteiger partial charge in [0.1, 0.15) is 0 Å².